The monoisotopic (exact) mass is 258 g/mol. The van der Waals surface area contributed by atoms with Crippen LogP contribution in [0.1, 0.15) is 25.3 Å². The lowest BCUT2D eigenvalue weighted by molar-refractivity contribution is -0.103. The van der Waals surface area contributed by atoms with E-state index in [9.17, 15) is 4.79 Å². The third-order valence-electron chi connectivity index (χ3n) is 2.95. The van der Waals surface area contributed by atoms with E-state index in [2.05, 4.69) is 6.92 Å². The molecular formula is C16H15ClO. The van der Waals surface area contributed by atoms with E-state index in [1.165, 1.54) is 0 Å². The number of halogens is 1. The van der Waals surface area contributed by atoms with Gasteiger partial charge < -0.3 is 0 Å². The van der Waals surface area contributed by atoms with E-state index in [1.54, 1.807) is 0 Å². The maximum Gasteiger partial charge on any atom is 0.150 e. The fourth-order valence-electron chi connectivity index (χ4n) is 2.05. The van der Waals surface area contributed by atoms with Gasteiger partial charge in [0.25, 0.3) is 0 Å². The van der Waals surface area contributed by atoms with Gasteiger partial charge in [-0.15, -0.1) is 0 Å². The molecular weight excluding hydrogens is 244 g/mol. The van der Waals surface area contributed by atoms with Crippen molar-refractivity contribution in [1.82, 2.24) is 0 Å². The summed E-state index contributed by atoms with van der Waals surface area (Å²) in [5, 5.41) is 2.75. The second-order valence-electron chi connectivity index (χ2n) is 4.21. The van der Waals surface area contributed by atoms with Gasteiger partial charge in [0.1, 0.15) is 6.29 Å². The van der Waals surface area contributed by atoms with Crippen molar-refractivity contribution < 1.29 is 4.79 Å². The Balaban J connectivity index is 2.68. The van der Waals surface area contributed by atoms with Crippen molar-refractivity contribution in [1.29, 1.82) is 0 Å². The van der Waals surface area contributed by atoms with E-state index in [0.717, 1.165) is 35.5 Å². The summed E-state index contributed by atoms with van der Waals surface area (Å²) in [4.78, 5) is 11.3. The van der Waals surface area contributed by atoms with Gasteiger partial charge in [-0.25, -0.2) is 0 Å². The quantitative estimate of drug-likeness (QED) is 0.564. The minimum atomic E-state index is 0.628. The Bertz CT molecular complexity index is 599. The number of carbonyl (C=O) groups excluding carboxylic acids is 1. The molecule has 0 saturated heterocycles. The molecule has 92 valence electrons. The van der Waals surface area contributed by atoms with Crippen LogP contribution >= 0.6 is 11.6 Å². The fraction of sp³-hybridized carbons (Fsp3) is 0.188. The van der Waals surface area contributed by atoms with Crippen LogP contribution in [0.3, 0.4) is 0 Å². The van der Waals surface area contributed by atoms with Gasteiger partial charge in [0, 0.05) is 16.2 Å². The number of aldehydes is 1. The predicted octanol–water partition coefficient (Wildman–Crippen LogP) is 4.88. The highest BCUT2D eigenvalue weighted by molar-refractivity contribution is 6.35. The molecule has 0 radical (unpaired) electrons. The average molecular weight is 259 g/mol. The highest BCUT2D eigenvalue weighted by Gasteiger charge is 2.10. The topological polar surface area (TPSA) is 17.1 Å². The Hall–Kier alpha value is -1.60. The normalized spacial score (nSPS) is 11.8. The number of benzene rings is 2. The van der Waals surface area contributed by atoms with Gasteiger partial charge in [-0.05, 0) is 23.3 Å². The maximum absolute atomic E-state index is 11.3. The van der Waals surface area contributed by atoms with Gasteiger partial charge >= 0.3 is 0 Å². The Morgan fingerprint density at radius 2 is 2.00 bits per heavy atom. The molecule has 2 heteroatoms. The lowest BCUT2D eigenvalue weighted by Crippen LogP contribution is -1.90. The Labute approximate surface area is 112 Å². The molecule has 18 heavy (non-hydrogen) atoms. The lowest BCUT2D eigenvalue weighted by atomic mass is 9.98. The van der Waals surface area contributed by atoms with Gasteiger partial charge in [0.05, 0.1) is 0 Å². The second kappa shape index (κ2) is 5.83. The van der Waals surface area contributed by atoms with Crippen molar-refractivity contribution >= 4 is 34.2 Å². The standard InChI is InChI=1S/C16H15ClO/c1-2-3-6-13(11-18)16-14-8-5-4-7-12(14)9-10-15(16)17/h4-11H,2-3H2,1H3. The number of allylic oxidation sites excluding steroid dienone is 2. The summed E-state index contributed by atoms with van der Waals surface area (Å²) in [5.41, 5.74) is 1.52. The Kier molecular flexibility index (Phi) is 4.16. The van der Waals surface area contributed by atoms with Crippen LogP contribution in [-0.4, -0.2) is 6.29 Å². The summed E-state index contributed by atoms with van der Waals surface area (Å²) in [6.07, 6.45) is 4.75. The highest BCUT2D eigenvalue weighted by atomic mass is 35.5. The zero-order valence-corrected chi connectivity index (χ0v) is 11.1. The molecule has 0 fully saturated rings. The number of fused-ring (bicyclic) bond motifs is 1. The largest absolute Gasteiger partial charge is 0.298 e. The van der Waals surface area contributed by atoms with Crippen LogP contribution in [0.25, 0.3) is 16.3 Å². The number of hydrogen-bond acceptors (Lipinski definition) is 1. The predicted molar refractivity (Wildman–Crippen MR) is 77.9 cm³/mol. The van der Waals surface area contributed by atoms with E-state index in [1.807, 2.05) is 42.5 Å². The molecule has 0 heterocycles. The molecule has 2 aromatic carbocycles. The van der Waals surface area contributed by atoms with E-state index >= 15 is 0 Å². The van der Waals surface area contributed by atoms with Crippen molar-refractivity contribution in [3.05, 3.63) is 53.1 Å². The van der Waals surface area contributed by atoms with Crippen LogP contribution in [0.15, 0.2) is 42.5 Å². The lowest BCUT2D eigenvalue weighted by Gasteiger charge is -2.08. The van der Waals surface area contributed by atoms with E-state index < -0.39 is 0 Å². The van der Waals surface area contributed by atoms with Crippen LogP contribution in [0.4, 0.5) is 0 Å². The van der Waals surface area contributed by atoms with Crippen LogP contribution < -0.4 is 0 Å². The first kappa shape index (κ1) is 12.8. The first-order valence-corrected chi connectivity index (χ1v) is 6.48. The second-order valence-corrected chi connectivity index (χ2v) is 4.62. The SMILES string of the molecule is CCCC=C(C=O)c1c(Cl)ccc2ccccc12. The van der Waals surface area contributed by atoms with Crippen molar-refractivity contribution in [3.8, 4) is 0 Å². The summed E-state index contributed by atoms with van der Waals surface area (Å²) in [6.45, 7) is 2.09. The molecule has 1 nitrogen and oxygen atoms in total. The van der Waals surface area contributed by atoms with Gasteiger partial charge in [-0.3, -0.25) is 4.79 Å². The Morgan fingerprint density at radius 1 is 1.22 bits per heavy atom. The summed E-state index contributed by atoms with van der Waals surface area (Å²) in [7, 11) is 0. The zero-order chi connectivity index (χ0) is 13.0. The minimum absolute atomic E-state index is 0.628. The third kappa shape index (κ3) is 2.46. The molecule has 0 unspecified atom stereocenters. The van der Waals surface area contributed by atoms with Crippen molar-refractivity contribution in [2.24, 2.45) is 0 Å². The van der Waals surface area contributed by atoms with Crippen molar-refractivity contribution in [2.75, 3.05) is 0 Å². The molecule has 2 rings (SSSR count). The summed E-state index contributed by atoms with van der Waals surface area (Å²) >= 11 is 6.26. The summed E-state index contributed by atoms with van der Waals surface area (Å²) < 4.78 is 0. The first-order valence-electron chi connectivity index (χ1n) is 6.11. The highest BCUT2D eigenvalue weighted by Crippen LogP contribution is 2.31. The maximum atomic E-state index is 11.3. The van der Waals surface area contributed by atoms with Gasteiger partial charge in [-0.1, -0.05) is 61.4 Å². The molecule has 0 N–H and O–H groups in total. The third-order valence-corrected chi connectivity index (χ3v) is 3.26. The molecule has 0 aliphatic rings. The van der Waals surface area contributed by atoms with Crippen molar-refractivity contribution in [2.45, 2.75) is 19.8 Å². The van der Waals surface area contributed by atoms with Crippen LogP contribution in [0, 0.1) is 0 Å². The molecule has 0 aliphatic heterocycles. The molecule has 0 atom stereocenters. The Morgan fingerprint density at radius 3 is 2.72 bits per heavy atom. The number of carbonyl (C=O) groups is 1. The summed E-state index contributed by atoms with van der Waals surface area (Å²) in [5.74, 6) is 0. The average Bonchev–Trinajstić information content (AvgIpc) is 2.41. The zero-order valence-electron chi connectivity index (χ0n) is 10.3. The molecule has 0 saturated carbocycles. The van der Waals surface area contributed by atoms with Crippen LogP contribution in [0.2, 0.25) is 5.02 Å². The fourth-order valence-corrected chi connectivity index (χ4v) is 2.32. The van der Waals surface area contributed by atoms with Crippen LogP contribution in [-0.2, 0) is 4.79 Å². The van der Waals surface area contributed by atoms with Gasteiger partial charge in [0.2, 0.25) is 0 Å². The summed E-state index contributed by atoms with van der Waals surface area (Å²) in [6, 6.07) is 11.8. The molecule has 0 spiro atoms. The molecule has 0 aliphatic carbocycles. The molecule has 0 bridgehead atoms. The van der Waals surface area contributed by atoms with Crippen molar-refractivity contribution in [3.63, 3.8) is 0 Å². The van der Waals surface area contributed by atoms with Crippen LogP contribution in [0.5, 0.6) is 0 Å². The molecule has 0 amide bonds. The number of hydrogen-bond donors (Lipinski definition) is 0. The number of rotatable bonds is 4. The molecule has 2 aromatic rings. The first-order chi connectivity index (χ1) is 8.77. The van der Waals surface area contributed by atoms with E-state index in [-0.39, 0.29) is 0 Å². The van der Waals surface area contributed by atoms with E-state index in [4.69, 9.17) is 11.6 Å². The van der Waals surface area contributed by atoms with Gasteiger partial charge in [-0.2, -0.15) is 0 Å². The minimum Gasteiger partial charge on any atom is -0.298 e. The smallest absolute Gasteiger partial charge is 0.150 e. The number of unbranched alkanes of at least 4 members (excludes halogenated alkanes) is 1. The van der Waals surface area contributed by atoms with Gasteiger partial charge in [0.15, 0.2) is 0 Å². The van der Waals surface area contributed by atoms with E-state index in [0.29, 0.717) is 10.6 Å². The molecule has 0 aromatic heterocycles.